The van der Waals surface area contributed by atoms with Gasteiger partial charge in [0.15, 0.2) is 0 Å². The maximum Gasteiger partial charge on any atom is 0.264 e. The van der Waals surface area contributed by atoms with Crippen LogP contribution in [0.25, 0.3) is 0 Å². The highest BCUT2D eigenvalue weighted by molar-refractivity contribution is 7.92. The number of hydrogen-bond acceptors (Lipinski definition) is 4. The van der Waals surface area contributed by atoms with E-state index in [1.165, 1.54) is 23.5 Å². The first-order valence-corrected chi connectivity index (χ1v) is 11.0. The standard InChI is InChI=1S/C21H24N2O4S/c1-15-13-16-7-3-4-8-19(16)23(15)28(25,26)17-9-10-20(27-2)18(14-17)21(24)22-11-5-6-12-22/h3-4,7-10,14-15H,5-6,11-13H2,1-2H3/t15-/m1/s1. The van der Waals surface area contributed by atoms with Gasteiger partial charge >= 0.3 is 0 Å². The van der Waals surface area contributed by atoms with Gasteiger partial charge in [0.05, 0.1) is 23.3 Å². The molecule has 148 valence electrons. The van der Waals surface area contributed by atoms with E-state index in [9.17, 15) is 13.2 Å². The van der Waals surface area contributed by atoms with Crippen molar-refractivity contribution in [3.05, 3.63) is 53.6 Å². The van der Waals surface area contributed by atoms with Crippen LogP contribution in [0.5, 0.6) is 5.75 Å². The number of fused-ring (bicyclic) bond motifs is 1. The average molecular weight is 401 g/mol. The zero-order valence-electron chi connectivity index (χ0n) is 16.1. The molecule has 2 aliphatic rings. The van der Waals surface area contributed by atoms with Gasteiger partial charge in [0.2, 0.25) is 0 Å². The molecular weight excluding hydrogens is 376 g/mol. The van der Waals surface area contributed by atoms with E-state index in [-0.39, 0.29) is 16.8 Å². The van der Waals surface area contributed by atoms with Crippen LogP contribution in [0, 0.1) is 0 Å². The summed E-state index contributed by atoms with van der Waals surface area (Å²) in [5.41, 5.74) is 2.02. The molecule has 1 amide bonds. The second-order valence-electron chi connectivity index (χ2n) is 7.34. The van der Waals surface area contributed by atoms with Crippen LogP contribution in [0.1, 0.15) is 35.7 Å². The summed E-state index contributed by atoms with van der Waals surface area (Å²) in [7, 11) is -2.31. The Morgan fingerprint density at radius 3 is 2.54 bits per heavy atom. The molecule has 0 N–H and O–H groups in total. The fourth-order valence-corrected chi connectivity index (χ4v) is 5.84. The zero-order valence-corrected chi connectivity index (χ0v) is 16.9. The summed E-state index contributed by atoms with van der Waals surface area (Å²) in [6.45, 7) is 3.28. The molecule has 0 aromatic heterocycles. The predicted octanol–water partition coefficient (Wildman–Crippen LogP) is 3.07. The number of rotatable bonds is 4. The molecular formula is C21H24N2O4S. The Hall–Kier alpha value is -2.54. The van der Waals surface area contributed by atoms with Crippen LogP contribution in [0.3, 0.4) is 0 Å². The number of sulfonamides is 1. The number of nitrogens with zero attached hydrogens (tertiary/aromatic N) is 2. The van der Waals surface area contributed by atoms with Crippen molar-refractivity contribution < 1.29 is 17.9 Å². The van der Waals surface area contributed by atoms with E-state index in [0.717, 1.165) is 18.4 Å². The Bertz CT molecular complexity index is 1010. The predicted molar refractivity (Wildman–Crippen MR) is 107 cm³/mol. The number of ether oxygens (including phenoxy) is 1. The van der Waals surface area contributed by atoms with Crippen molar-refractivity contribution in [2.45, 2.75) is 37.1 Å². The van der Waals surface area contributed by atoms with Crippen LogP contribution in [0.15, 0.2) is 47.4 Å². The second-order valence-corrected chi connectivity index (χ2v) is 9.16. The molecule has 0 aliphatic carbocycles. The zero-order chi connectivity index (χ0) is 19.9. The fourth-order valence-electron chi connectivity index (χ4n) is 4.12. The van der Waals surface area contributed by atoms with Gasteiger partial charge in [-0.3, -0.25) is 9.10 Å². The Morgan fingerprint density at radius 1 is 1.11 bits per heavy atom. The minimum Gasteiger partial charge on any atom is -0.496 e. The van der Waals surface area contributed by atoms with Gasteiger partial charge in [-0.25, -0.2) is 8.42 Å². The number of anilines is 1. The van der Waals surface area contributed by atoms with Crippen molar-refractivity contribution in [3.63, 3.8) is 0 Å². The van der Waals surface area contributed by atoms with Gasteiger partial charge in [-0.1, -0.05) is 18.2 Å². The van der Waals surface area contributed by atoms with E-state index in [2.05, 4.69) is 0 Å². The van der Waals surface area contributed by atoms with Gasteiger partial charge in [-0.05, 0) is 56.0 Å². The second kappa shape index (κ2) is 7.13. The molecule has 1 saturated heterocycles. The topological polar surface area (TPSA) is 66.9 Å². The first-order chi connectivity index (χ1) is 13.4. The average Bonchev–Trinajstić information content (AvgIpc) is 3.34. The van der Waals surface area contributed by atoms with Crippen LogP contribution in [0.4, 0.5) is 5.69 Å². The SMILES string of the molecule is COc1ccc(S(=O)(=O)N2c3ccccc3C[C@H]2C)cc1C(=O)N1CCCC1. The molecule has 2 aliphatic heterocycles. The van der Waals surface area contributed by atoms with Crippen LogP contribution in [-0.2, 0) is 16.4 Å². The number of methoxy groups -OCH3 is 1. The van der Waals surface area contributed by atoms with Crippen LogP contribution < -0.4 is 9.04 Å². The third-order valence-corrected chi connectivity index (χ3v) is 7.42. The molecule has 7 heteroatoms. The molecule has 28 heavy (non-hydrogen) atoms. The molecule has 1 fully saturated rings. The van der Waals surface area contributed by atoms with Gasteiger partial charge in [0, 0.05) is 19.1 Å². The molecule has 2 heterocycles. The summed E-state index contributed by atoms with van der Waals surface area (Å²) in [5, 5.41) is 0. The van der Waals surface area contributed by atoms with E-state index in [1.54, 1.807) is 11.0 Å². The van der Waals surface area contributed by atoms with Crippen molar-refractivity contribution >= 4 is 21.6 Å². The van der Waals surface area contributed by atoms with E-state index in [4.69, 9.17) is 4.74 Å². The lowest BCUT2D eigenvalue weighted by atomic mass is 10.1. The van der Waals surface area contributed by atoms with E-state index in [1.807, 2.05) is 31.2 Å². The monoisotopic (exact) mass is 400 g/mol. The summed E-state index contributed by atoms with van der Waals surface area (Å²) in [4.78, 5) is 14.8. The molecule has 0 radical (unpaired) electrons. The first kappa shape index (κ1) is 18.8. The largest absolute Gasteiger partial charge is 0.496 e. The normalized spacial score (nSPS) is 19.0. The third-order valence-electron chi connectivity index (χ3n) is 5.50. The molecule has 0 bridgehead atoms. The van der Waals surface area contributed by atoms with E-state index in [0.29, 0.717) is 36.5 Å². The smallest absolute Gasteiger partial charge is 0.264 e. The summed E-state index contributed by atoms with van der Waals surface area (Å²) < 4.78 is 33.7. The highest BCUT2D eigenvalue weighted by atomic mass is 32.2. The number of hydrogen-bond donors (Lipinski definition) is 0. The first-order valence-electron chi connectivity index (χ1n) is 9.53. The summed E-state index contributed by atoms with van der Waals surface area (Å²) in [5.74, 6) is 0.215. The third kappa shape index (κ3) is 3.03. The van der Waals surface area contributed by atoms with Crippen molar-refractivity contribution in [2.75, 3.05) is 24.5 Å². The Morgan fingerprint density at radius 2 is 1.82 bits per heavy atom. The quantitative estimate of drug-likeness (QED) is 0.791. The molecule has 0 unspecified atom stereocenters. The maximum absolute atomic E-state index is 13.5. The lowest BCUT2D eigenvalue weighted by Crippen LogP contribution is -2.36. The summed E-state index contributed by atoms with van der Waals surface area (Å²) in [6.07, 6.45) is 2.60. The van der Waals surface area contributed by atoms with Gasteiger partial charge < -0.3 is 9.64 Å². The molecule has 0 spiro atoms. The molecule has 2 aromatic rings. The van der Waals surface area contributed by atoms with Crippen molar-refractivity contribution in [1.29, 1.82) is 0 Å². The minimum absolute atomic E-state index is 0.111. The van der Waals surface area contributed by atoms with Crippen molar-refractivity contribution in [3.8, 4) is 5.75 Å². The molecule has 1 atom stereocenters. The van der Waals surface area contributed by atoms with Crippen LogP contribution in [0.2, 0.25) is 0 Å². The number of amides is 1. The van der Waals surface area contributed by atoms with Gasteiger partial charge in [-0.2, -0.15) is 0 Å². The number of benzene rings is 2. The fraction of sp³-hybridized carbons (Fsp3) is 0.381. The van der Waals surface area contributed by atoms with Crippen LogP contribution in [-0.4, -0.2) is 45.5 Å². The number of likely N-dealkylation sites (tertiary alicyclic amines) is 1. The van der Waals surface area contributed by atoms with Crippen LogP contribution >= 0.6 is 0 Å². The van der Waals surface area contributed by atoms with Crippen molar-refractivity contribution in [1.82, 2.24) is 4.90 Å². The Labute approximate surface area is 165 Å². The van der Waals surface area contributed by atoms with Gasteiger partial charge in [-0.15, -0.1) is 0 Å². The van der Waals surface area contributed by atoms with Gasteiger partial charge in [0.25, 0.3) is 15.9 Å². The number of carbonyl (C=O) groups is 1. The highest BCUT2D eigenvalue weighted by Gasteiger charge is 2.36. The molecule has 4 rings (SSSR count). The molecule has 6 nitrogen and oxygen atoms in total. The van der Waals surface area contributed by atoms with E-state index >= 15 is 0 Å². The maximum atomic E-state index is 13.5. The molecule has 2 aromatic carbocycles. The highest BCUT2D eigenvalue weighted by Crippen LogP contribution is 2.37. The van der Waals surface area contributed by atoms with E-state index < -0.39 is 10.0 Å². The lowest BCUT2D eigenvalue weighted by molar-refractivity contribution is 0.0789. The minimum atomic E-state index is -3.80. The number of carbonyl (C=O) groups excluding carboxylic acids is 1. The summed E-state index contributed by atoms with van der Waals surface area (Å²) >= 11 is 0. The van der Waals surface area contributed by atoms with Crippen molar-refractivity contribution in [2.24, 2.45) is 0 Å². The Kier molecular flexibility index (Phi) is 4.79. The molecule has 0 saturated carbocycles. The number of para-hydroxylation sites is 1. The Balaban J connectivity index is 1.76. The van der Waals surface area contributed by atoms with Gasteiger partial charge in [0.1, 0.15) is 5.75 Å². The lowest BCUT2D eigenvalue weighted by Gasteiger charge is -2.25. The summed E-state index contributed by atoms with van der Waals surface area (Å²) in [6, 6.07) is 11.9.